The Labute approximate surface area is 254 Å². The maximum absolute atomic E-state index is 14.1. The van der Waals surface area contributed by atoms with Crippen LogP contribution in [0.5, 0.6) is 5.75 Å². The molecule has 5 aromatic rings. The number of rotatable bonds is 6. The van der Waals surface area contributed by atoms with E-state index in [4.69, 9.17) is 37.1 Å². The van der Waals surface area contributed by atoms with Crippen molar-refractivity contribution in [1.82, 2.24) is 4.57 Å². The molecule has 2 aromatic heterocycles. The number of furan rings is 1. The molecular formula is C32H24Cl2N2O5S. The predicted octanol–water partition coefficient (Wildman–Crippen LogP) is 6.53. The lowest BCUT2D eigenvalue weighted by atomic mass is 9.90. The minimum absolute atomic E-state index is 0.180. The first-order valence-electron chi connectivity index (χ1n) is 13.1. The first kappa shape index (κ1) is 28.0. The van der Waals surface area contributed by atoms with Crippen molar-refractivity contribution in [2.24, 2.45) is 4.99 Å². The lowest BCUT2D eigenvalue weighted by Crippen LogP contribution is -2.40. The topological polar surface area (TPSA) is 83.0 Å². The van der Waals surface area contributed by atoms with Crippen LogP contribution in [0, 0.1) is 0 Å². The van der Waals surface area contributed by atoms with Gasteiger partial charge in [0, 0.05) is 17.2 Å². The number of fused-ring (bicyclic) bond motifs is 2. The van der Waals surface area contributed by atoms with Gasteiger partial charge in [0.25, 0.3) is 5.56 Å². The maximum atomic E-state index is 14.1. The van der Waals surface area contributed by atoms with Crippen LogP contribution in [-0.4, -0.2) is 24.3 Å². The molecule has 3 aromatic carbocycles. The van der Waals surface area contributed by atoms with E-state index < -0.39 is 12.0 Å². The van der Waals surface area contributed by atoms with Gasteiger partial charge < -0.3 is 13.9 Å². The number of halogens is 2. The van der Waals surface area contributed by atoms with Crippen molar-refractivity contribution >= 4 is 57.4 Å². The first-order valence-corrected chi connectivity index (χ1v) is 14.7. The average Bonchev–Trinajstić information content (AvgIpc) is 3.57. The fourth-order valence-electron chi connectivity index (χ4n) is 5.16. The number of hydrogen-bond acceptors (Lipinski definition) is 7. The Balaban J connectivity index is 1.56. The molecule has 1 aliphatic heterocycles. The highest BCUT2D eigenvalue weighted by Gasteiger charge is 2.36. The smallest absolute Gasteiger partial charge is 0.338 e. The molecule has 1 atom stereocenters. The fourth-order valence-corrected chi connectivity index (χ4v) is 6.49. The van der Waals surface area contributed by atoms with Crippen LogP contribution in [0.2, 0.25) is 10.0 Å². The van der Waals surface area contributed by atoms with Crippen molar-refractivity contribution in [2.75, 3.05) is 13.7 Å². The standard InChI is InChI=1S/C32H24Cl2N2O5S/c1-4-40-31(38)27-17(2)35-32-36(29(27)28-21-8-6-5-7-18(21)10-13-25(28)39-3)30(37)26(42-32)16-20-11-14-24(41-20)19-9-12-22(33)23(34)15-19/h5-16,29H,4H2,1-3H3/b26-16-/t29-/m0/s1. The Bertz CT molecular complexity index is 2090. The Hall–Kier alpha value is -4.11. The van der Waals surface area contributed by atoms with Gasteiger partial charge in [0.2, 0.25) is 0 Å². The van der Waals surface area contributed by atoms with Gasteiger partial charge in [-0.15, -0.1) is 0 Å². The molecule has 0 radical (unpaired) electrons. The molecular weight excluding hydrogens is 595 g/mol. The van der Waals surface area contributed by atoms with Crippen molar-refractivity contribution in [2.45, 2.75) is 19.9 Å². The van der Waals surface area contributed by atoms with Crippen molar-refractivity contribution in [3.05, 3.63) is 119 Å². The van der Waals surface area contributed by atoms with Crippen molar-refractivity contribution in [3.63, 3.8) is 0 Å². The highest BCUT2D eigenvalue weighted by Crippen LogP contribution is 2.40. The van der Waals surface area contributed by atoms with E-state index in [-0.39, 0.29) is 17.7 Å². The molecule has 7 nitrogen and oxygen atoms in total. The third kappa shape index (κ3) is 4.85. The molecule has 1 aliphatic rings. The number of esters is 1. The molecule has 10 heteroatoms. The van der Waals surface area contributed by atoms with E-state index in [0.29, 0.717) is 47.9 Å². The van der Waals surface area contributed by atoms with Crippen LogP contribution < -0.4 is 19.6 Å². The van der Waals surface area contributed by atoms with E-state index in [9.17, 15) is 9.59 Å². The SMILES string of the molecule is CCOC(=O)C1=C(C)N=c2s/c(=C\c3ccc(-c4ccc(Cl)c(Cl)c4)o3)c(=O)n2[C@@H]1c1c(OC)ccc2ccccc12. The van der Waals surface area contributed by atoms with Gasteiger partial charge >= 0.3 is 5.97 Å². The van der Waals surface area contributed by atoms with Gasteiger partial charge in [0.05, 0.1) is 39.6 Å². The number of benzene rings is 3. The summed E-state index contributed by atoms with van der Waals surface area (Å²) in [6.07, 6.45) is 1.67. The molecule has 0 unspecified atom stereocenters. The molecule has 0 aliphatic carbocycles. The largest absolute Gasteiger partial charge is 0.496 e. The van der Waals surface area contributed by atoms with Gasteiger partial charge in [-0.05, 0) is 61.0 Å². The average molecular weight is 620 g/mol. The maximum Gasteiger partial charge on any atom is 0.338 e. The number of thiazole rings is 1. The summed E-state index contributed by atoms with van der Waals surface area (Å²) >= 11 is 13.5. The number of hydrogen-bond donors (Lipinski definition) is 0. The Morgan fingerprint density at radius 3 is 2.67 bits per heavy atom. The number of nitrogens with zero attached hydrogens (tertiary/aromatic N) is 2. The van der Waals surface area contributed by atoms with E-state index in [1.165, 1.54) is 11.3 Å². The summed E-state index contributed by atoms with van der Waals surface area (Å²) in [4.78, 5) is 32.6. The van der Waals surface area contributed by atoms with Crippen LogP contribution >= 0.6 is 34.5 Å². The molecule has 0 spiro atoms. The van der Waals surface area contributed by atoms with Crippen LogP contribution in [-0.2, 0) is 9.53 Å². The minimum atomic E-state index is -0.827. The summed E-state index contributed by atoms with van der Waals surface area (Å²) in [5.41, 5.74) is 1.87. The lowest BCUT2D eigenvalue weighted by Gasteiger charge is -2.27. The van der Waals surface area contributed by atoms with Gasteiger partial charge in [-0.2, -0.15) is 0 Å². The number of aromatic nitrogens is 1. The second-order valence-electron chi connectivity index (χ2n) is 9.54. The minimum Gasteiger partial charge on any atom is -0.496 e. The normalized spacial score (nSPS) is 15.1. The molecule has 0 saturated carbocycles. The van der Waals surface area contributed by atoms with Gasteiger partial charge in [-0.3, -0.25) is 9.36 Å². The lowest BCUT2D eigenvalue weighted by molar-refractivity contribution is -0.139. The van der Waals surface area contributed by atoms with Gasteiger partial charge in [-0.1, -0.05) is 64.9 Å². The molecule has 212 valence electrons. The number of carbonyl (C=O) groups is 1. The quantitative estimate of drug-likeness (QED) is 0.202. The summed E-state index contributed by atoms with van der Waals surface area (Å²) in [7, 11) is 1.57. The molecule has 0 fully saturated rings. The number of allylic oxidation sites excluding steroid dienone is 1. The second kappa shape index (κ2) is 11.3. The zero-order chi connectivity index (χ0) is 29.5. The van der Waals surface area contributed by atoms with Crippen molar-refractivity contribution in [1.29, 1.82) is 0 Å². The van der Waals surface area contributed by atoms with Crippen LogP contribution in [0.25, 0.3) is 28.2 Å². The zero-order valence-electron chi connectivity index (χ0n) is 22.8. The van der Waals surface area contributed by atoms with Crippen LogP contribution in [0.1, 0.15) is 31.2 Å². The number of methoxy groups -OCH3 is 1. The Kier molecular flexibility index (Phi) is 7.53. The molecule has 0 bridgehead atoms. The fraction of sp³-hybridized carbons (Fsp3) is 0.156. The third-order valence-corrected chi connectivity index (χ3v) is 8.77. The predicted molar refractivity (Wildman–Crippen MR) is 165 cm³/mol. The summed E-state index contributed by atoms with van der Waals surface area (Å²) < 4.78 is 19.2. The van der Waals surface area contributed by atoms with E-state index >= 15 is 0 Å². The van der Waals surface area contributed by atoms with E-state index in [1.54, 1.807) is 55.9 Å². The molecule has 42 heavy (non-hydrogen) atoms. The third-order valence-electron chi connectivity index (χ3n) is 7.05. The van der Waals surface area contributed by atoms with Crippen LogP contribution in [0.15, 0.2) is 92.2 Å². The van der Waals surface area contributed by atoms with Crippen LogP contribution in [0.3, 0.4) is 0 Å². The molecule has 3 heterocycles. The summed E-state index contributed by atoms with van der Waals surface area (Å²) in [5.74, 6) is 1.06. The van der Waals surface area contributed by atoms with Crippen LogP contribution in [0.4, 0.5) is 0 Å². The van der Waals surface area contributed by atoms with E-state index in [2.05, 4.69) is 4.99 Å². The summed E-state index contributed by atoms with van der Waals surface area (Å²) in [6, 6.07) is 19.6. The van der Waals surface area contributed by atoms with Crippen molar-refractivity contribution < 1.29 is 18.7 Å². The number of carbonyl (C=O) groups excluding carboxylic acids is 1. The van der Waals surface area contributed by atoms with E-state index in [0.717, 1.165) is 16.3 Å². The zero-order valence-corrected chi connectivity index (χ0v) is 25.1. The van der Waals surface area contributed by atoms with Gasteiger partial charge in [0.15, 0.2) is 4.80 Å². The van der Waals surface area contributed by atoms with Crippen molar-refractivity contribution in [3.8, 4) is 17.1 Å². The first-order chi connectivity index (χ1) is 20.3. The highest BCUT2D eigenvalue weighted by molar-refractivity contribution is 7.07. The molecule has 0 amide bonds. The number of ether oxygens (including phenoxy) is 2. The Morgan fingerprint density at radius 2 is 1.90 bits per heavy atom. The highest BCUT2D eigenvalue weighted by atomic mass is 35.5. The van der Waals surface area contributed by atoms with Gasteiger partial charge in [-0.25, -0.2) is 9.79 Å². The monoisotopic (exact) mass is 618 g/mol. The Morgan fingerprint density at radius 1 is 1.10 bits per heavy atom. The molecule has 6 rings (SSSR count). The summed E-state index contributed by atoms with van der Waals surface area (Å²) in [6.45, 7) is 3.68. The molecule has 0 N–H and O–H groups in total. The second-order valence-corrected chi connectivity index (χ2v) is 11.4. The van der Waals surface area contributed by atoms with Gasteiger partial charge in [0.1, 0.15) is 23.3 Å². The summed E-state index contributed by atoms with van der Waals surface area (Å²) in [5, 5.41) is 2.66. The molecule has 0 saturated heterocycles. The van der Waals surface area contributed by atoms with E-state index in [1.807, 2.05) is 42.5 Å².